The third-order valence-electron chi connectivity index (χ3n) is 3.62. The first-order chi connectivity index (χ1) is 13.4. The molecule has 11 nitrogen and oxygen atoms in total. The fourth-order valence-electron chi connectivity index (χ4n) is 2.23. The van der Waals surface area contributed by atoms with Crippen molar-refractivity contribution in [2.45, 2.75) is 13.5 Å². The van der Waals surface area contributed by atoms with Crippen LogP contribution in [0.15, 0.2) is 27.9 Å². The number of aromatic nitrogens is 5. The number of anilines is 1. The highest BCUT2D eigenvalue weighted by Gasteiger charge is 2.23. The van der Waals surface area contributed by atoms with Crippen LogP contribution in [0.2, 0.25) is 10.0 Å². The van der Waals surface area contributed by atoms with Gasteiger partial charge < -0.3 is 10.5 Å². The molecule has 146 valence electrons. The minimum absolute atomic E-state index is 0.0114. The maximum absolute atomic E-state index is 12.5. The van der Waals surface area contributed by atoms with Crippen LogP contribution in [0.4, 0.5) is 5.82 Å². The molecule has 0 radical (unpaired) electrons. The molecule has 2 heterocycles. The predicted molar refractivity (Wildman–Crippen MR) is 100 cm³/mol. The summed E-state index contributed by atoms with van der Waals surface area (Å²) in [6, 6.07) is 5.01. The van der Waals surface area contributed by atoms with E-state index in [2.05, 4.69) is 35.8 Å². The summed E-state index contributed by atoms with van der Waals surface area (Å²) in [5.74, 6) is -0.524. The Labute approximate surface area is 168 Å². The number of nitrogens with one attached hydrogen (secondary N) is 1. The molecule has 1 amide bonds. The van der Waals surface area contributed by atoms with Crippen LogP contribution in [0.25, 0.3) is 5.82 Å². The zero-order valence-electron chi connectivity index (χ0n) is 14.7. The van der Waals surface area contributed by atoms with E-state index in [4.69, 9.17) is 33.7 Å². The van der Waals surface area contributed by atoms with Gasteiger partial charge in [-0.25, -0.2) is 10.1 Å². The number of ether oxygens (including phenoxy) is 1. The molecule has 2 aromatic heterocycles. The molecule has 0 aliphatic carbocycles. The van der Waals surface area contributed by atoms with E-state index < -0.39 is 5.91 Å². The number of nitrogen functional groups attached to an aromatic ring is 1. The highest BCUT2D eigenvalue weighted by molar-refractivity contribution is 6.42. The molecule has 0 aliphatic heterocycles. The van der Waals surface area contributed by atoms with Gasteiger partial charge in [0.2, 0.25) is 11.6 Å². The van der Waals surface area contributed by atoms with Gasteiger partial charge in [-0.2, -0.15) is 9.78 Å². The molecule has 0 aliphatic rings. The second-order valence-electron chi connectivity index (χ2n) is 5.47. The largest absolute Gasteiger partial charge is 0.378 e. The van der Waals surface area contributed by atoms with Gasteiger partial charge in [0, 0.05) is 7.11 Å². The Morgan fingerprint density at radius 3 is 2.79 bits per heavy atom. The van der Waals surface area contributed by atoms with E-state index in [9.17, 15) is 4.79 Å². The number of benzene rings is 1. The Hall–Kier alpha value is -3.02. The number of hydrogen-bond donors (Lipinski definition) is 2. The Morgan fingerprint density at radius 1 is 1.36 bits per heavy atom. The summed E-state index contributed by atoms with van der Waals surface area (Å²) in [4.78, 5) is 12.5. The van der Waals surface area contributed by atoms with Crippen molar-refractivity contribution in [2.24, 2.45) is 5.10 Å². The summed E-state index contributed by atoms with van der Waals surface area (Å²) < 4.78 is 10.9. The molecule has 0 bridgehead atoms. The van der Waals surface area contributed by atoms with Gasteiger partial charge in [0.15, 0.2) is 5.69 Å². The third kappa shape index (κ3) is 3.96. The van der Waals surface area contributed by atoms with Gasteiger partial charge in [-0.3, -0.25) is 4.79 Å². The molecular formula is C15H14Cl2N8O3. The topological polar surface area (TPSA) is 146 Å². The molecule has 0 saturated heterocycles. The molecule has 3 N–H and O–H groups in total. The van der Waals surface area contributed by atoms with Crippen LogP contribution >= 0.6 is 23.2 Å². The summed E-state index contributed by atoms with van der Waals surface area (Å²) >= 11 is 11.9. The number of methoxy groups -OCH3 is 1. The Balaban J connectivity index is 1.85. The number of hydrazone groups is 1. The van der Waals surface area contributed by atoms with Gasteiger partial charge in [0.05, 0.1) is 22.4 Å². The SMILES string of the molecule is COCc1c(C(=O)N/N=C(/C)c2ccc(Cl)c(Cl)c2)nnn1-c1nonc1N. The lowest BCUT2D eigenvalue weighted by Gasteiger charge is -2.05. The van der Waals surface area contributed by atoms with Crippen molar-refractivity contribution in [3.63, 3.8) is 0 Å². The first kappa shape index (κ1) is 19.7. The number of carbonyl (C=O) groups is 1. The van der Waals surface area contributed by atoms with Crippen molar-refractivity contribution in [3.8, 4) is 5.82 Å². The molecule has 3 aromatic rings. The second-order valence-corrected chi connectivity index (χ2v) is 6.28. The minimum Gasteiger partial charge on any atom is -0.378 e. The van der Waals surface area contributed by atoms with E-state index in [0.717, 1.165) is 0 Å². The quantitative estimate of drug-likeness (QED) is 0.449. The maximum Gasteiger partial charge on any atom is 0.293 e. The van der Waals surface area contributed by atoms with Crippen molar-refractivity contribution in [3.05, 3.63) is 45.2 Å². The van der Waals surface area contributed by atoms with Crippen LogP contribution in [0, 0.1) is 0 Å². The van der Waals surface area contributed by atoms with Gasteiger partial charge in [-0.15, -0.1) is 5.10 Å². The van der Waals surface area contributed by atoms with E-state index >= 15 is 0 Å². The van der Waals surface area contributed by atoms with Crippen molar-refractivity contribution in [2.75, 3.05) is 12.8 Å². The van der Waals surface area contributed by atoms with Crippen molar-refractivity contribution in [1.82, 2.24) is 30.7 Å². The number of hydrogen-bond acceptors (Lipinski definition) is 9. The standard InChI is InChI=1S/C15H14Cl2N8O3/c1-7(8-3-4-9(16)10(17)5-8)19-21-15(26)12-11(6-27-2)25(24-20-12)14-13(18)22-28-23-14/h3-5H,6H2,1-2H3,(H2,18,22)(H,21,26)/b19-7-. The van der Waals surface area contributed by atoms with Crippen molar-refractivity contribution in [1.29, 1.82) is 0 Å². The molecular weight excluding hydrogens is 411 g/mol. The predicted octanol–water partition coefficient (Wildman–Crippen LogP) is 1.84. The smallest absolute Gasteiger partial charge is 0.293 e. The number of halogens is 2. The van der Waals surface area contributed by atoms with Crippen LogP contribution in [0.1, 0.15) is 28.7 Å². The Kier molecular flexibility index (Phi) is 5.87. The van der Waals surface area contributed by atoms with E-state index in [1.54, 1.807) is 25.1 Å². The number of nitrogens with two attached hydrogens (primary N) is 1. The summed E-state index contributed by atoms with van der Waals surface area (Å²) in [6.45, 7) is 1.71. The van der Waals surface area contributed by atoms with Crippen LogP contribution in [-0.2, 0) is 11.3 Å². The van der Waals surface area contributed by atoms with Gasteiger partial charge in [-0.05, 0) is 34.9 Å². The van der Waals surface area contributed by atoms with E-state index in [0.29, 0.717) is 27.0 Å². The number of amides is 1. The van der Waals surface area contributed by atoms with Gasteiger partial charge in [-0.1, -0.05) is 34.5 Å². The molecule has 3 rings (SSSR count). The Bertz CT molecular complexity index is 1050. The van der Waals surface area contributed by atoms with Crippen LogP contribution in [0.5, 0.6) is 0 Å². The lowest BCUT2D eigenvalue weighted by atomic mass is 10.1. The molecule has 1 aromatic carbocycles. The lowest BCUT2D eigenvalue weighted by molar-refractivity contribution is 0.0944. The van der Waals surface area contributed by atoms with Gasteiger partial charge >= 0.3 is 0 Å². The summed E-state index contributed by atoms with van der Waals surface area (Å²) in [5.41, 5.74) is 9.56. The molecule has 0 fully saturated rings. The molecule has 0 spiro atoms. The first-order valence-corrected chi connectivity index (χ1v) is 8.50. The minimum atomic E-state index is -0.604. The summed E-state index contributed by atoms with van der Waals surface area (Å²) in [6.07, 6.45) is 0. The first-order valence-electron chi connectivity index (χ1n) is 7.74. The average Bonchev–Trinajstić information content (AvgIpc) is 3.28. The lowest BCUT2D eigenvalue weighted by Crippen LogP contribution is -2.22. The monoisotopic (exact) mass is 424 g/mol. The molecule has 0 saturated carbocycles. The Morgan fingerprint density at radius 2 is 2.14 bits per heavy atom. The average molecular weight is 425 g/mol. The number of rotatable bonds is 6. The van der Waals surface area contributed by atoms with Crippen LogP contribution in [0.3, 0.4) is 0 Å². The fourth-order valence-corrected chi connectivity index (χ4v) is 2.52. The van der Waals surface area contributed by atoms with Gasteiger partial charge in [0.25, 0.3) is 5.91 Å². The molecule has 0 unspecified atom stereocenters. The number of nitrogens with zero attached hydrogens (tertiary/aromatic N) is 6. The number of carbonyl (C=O) groups excluding carboxylic acids is 1. The maximum atomic E-state index is 12.5. The molecule has 28 heavy (non-hydrogen) atoms. The van der Waals surface area contributed by atoms with E-state index in [1.807, 2.05) is 0 Å². The molecule has 13 heteroatoms. The second kappa shape index (κ2) is 8.33. The third-order valence-corrected chi connectivity index (χ3v) is 4.36. The van der Waals surface area contributed by atoms with E-state index in [1.165, 1.54) is 11.8 Å². The fraction of sp³-hybridized carbons (Fsp3) is 0.200. The summed E-state index contributed by atoms with van der Waals surface area (Å²) in [7, 11) is 1.45. The molecule has 0 atom stereocenters. The van der Waals surface area contributed by atoms with Crippen molar-refractivity contribution < 1.29 is 14.2 Å². The zero-order valence-corrected chi connectivity index (χ0v) is 16.2. The highest BCUT2D eigenvalue weighted by atomic mass is 35.5. The van der Waals surface area contributed by atoms with Crippen LogP contribution in [-0.4, -0.2) is 44.0 Å². The van der Waals surface area contributed by atoms with E-state index in [-0.39, 0.29) is 23.9 Å². The van der Waals surface area contributed by atoms with Crippen LogP contribution < -0.4 is 11.2 Å². The highest BCUT2D eigenvalue weighted by Crippen LogP contribution is 2.23. The zero-order chi connectivity index (χ0) is 20.3. The summed E-state index contributed by atoms with van der Waals surface area (Å²) in [5, 5.41) is 19.7. The van der Waals surface area contributed by atoms with Gasteiger partial charge in [0.1, 0.15) is 5.69 Å². The van der Waals surface area contributed by atoms with Crippen molar-refractivity contribution >= 4 is 40.6 Å². The normalized spacial score (nSPS) is 11.6.